The van der Waals surface area contributed by atoms with E-state index >= 15 is 0 Å². The fourth-order valence-corrected chi connectivity index (χ4v) is 3.47. The second-order valence-corrected chi connectivity index (χ2v) is 6.39. The summed E-state index contributed by atoms with van der Waals surface area (Å²) in [4.78, 5) is 9.56. The summed E-state index contributed by atoms with van der Waals surface area (Å²) in [5.41, 5.74) is 6.01. The molecule has 3 nitrogen and oxygen atoms in total. The van der Waals surface area contributed by atoms with Gasteiger partial charge in [-0.1, -0.05) is 24.6 Å². The Kier molecular flexibility index (Phi) is 5.19. The van der Waals surface area contributed by atoms with Crippen molar-refractivity contribution in [2.24, 2.45) is 0 Å². The predicted molar refractivity (Wildman–Crippen MR) is 97.9 cm³/mol. The second kappa shape index (κ2) is 6.73. The van der Waals surface area contributed by atoms with E-state index in [1.54, 1.807) is 0 Å². The molecule has 0 saturated carbocycles. The summed E-state index contributed by atoms with van der Waals surface area (Å²) in [7, 11) is 0. The quantitative estimate of drug-likeness (QED) is 0.765. The highest BCUT2D eigenvalue weighted by Gasteiger charge is 2.15. The van der Waals surface area contributed by atoms with Crippen LogP contribution in [0.25, 0.3) is 11.4 Å². The van der Waals surface area contributed by atoms with Crippen molar-refractivity contribution in [3.05, 3.63) is 38.1 Å². The van der Waals surface area contributed by atoms with Crippen LogP contribution in [0.2, 0.25) is 0 Å². The average molecular weight is 395 g/mol. The molecule has 1 heterocycles. The van der Waals surface area contributed by atoms with Gasteiger partial charge in [-0.25, -0.2) is 9.97 Å². The molecule has 4 heteroatoms. The zero-order valence-electron chi connectivity index (χ0n) is 13.3. The van der Waals surface area contributed by atoms with Gasteiger partial charge in [0.15, 0.2) is 5.82 Å². The second-order valence-electron chi connectivity index (χ2n) is 5.31. The highest BCUT2D eigenvalue weighted by Crippen LogP contribution is 2.29. The largest absolute Gasteiger partial charge is 0.369 e. The Labute approximate surface area is 140 Å². The van der Waals surface area contributed by atoms with Gasteiger partial charge in [-0.15, -0.1) is 0 Å². The number of nitrogens with one attached hydrogen (secondary N) is 1. The third-order valence-electron chi connectivity index (χ3n) is 3.50. The molecule has 2 rings (SSSR count). The smallest absolute Gasteiger partial charge is 0.162 e. The van der Waals surface area contributed by atoms with Crippen LogP contribution in [0.15, 0.2) is 12.1 Å². The summed E-state index contributed by atoms with van der Waals surface area (Å²) in [5, 5.41) is 3.35. The number of aryl methyl sites for hydroxylation is 4. The molecule has 112 valence electrons. The third-order valence-corrected chi connectivity index (χ3v) is 4.63. The van der Waals surface area contributed by atoms with E-state index < -0.39 is 0 Å². The van der Waals surface area contributed by atoms with Crippen LogP contribution in [-0.2, 0) is 6.42 Å². The number of aromatic nitrogens is 2. The zero-order valence-corrected chi connectivity index (χ0v) is 15.5. The zero-order chi connectivity index (χ0) is 15.6. The van der Waals surface area contributed by atoms with Gasteiger partial charge in [0.05, 0.1) is 9.26 Å². The van der Waals surface area contributed by atoms with Crippen LogP contribution in [0.1, 0.15) is 36.2 Å². The number of nitrogens with zero attached hydrogens (tertiary/aromatic N) is 2. The first kappa shape index (κ1) is 16.2. The number of hydrogen-bond donors (Lipinski definition) is 1. The minimum atomic E-state index is 0.832. The molecule has 0 amide bonds. The molecular weight excluding hydrogens is 373 g/mol. The lowest BCUT2D eigenvalue weighted by molar-refractivity contribution is 0.979. The topological polar surface area (TPSA) is 37.8 Å². The van der Waals surface area contributed by atoms with Gasteiger partial charge in [0, 0.05) is 12.1 Å². The molecule has 1 aromatic carbocycles. The summed E-state index contributed by atoms with van der Waals surface area (Å²) < 4.78 is 1.13. The molecular formula is C17H22IN3. The van der Waals surface area contributed by atoms with Crippen LogP contribution in [0.4, 0.5) is 5.82 Å². The Hall–Kier alpha value is -1.17. The van der Waals surface area contributed by atoms with Crippen LogP contribution >= 0.6 is 22.6 Å². The van der Waals surface area contributed by atoms with E-state index in [0.717, 1.165) is 39.4 Å². The minimum Gasteiger partial charge on any atom is -0.369 e. The monoisotopic (exact) mass is 395 g/mol. The molecule has 0 bridgehead atoms. The van der Waals surface area contributed by atoms with Crippen LogP contribution < -0.4 is 5.32 Å². The molecule has 21 heavy (non-hydrogen) atoms. The molecule has 0 atom stereocenters. The maximum atomic E-state index is 4.80. The van der Waals surface area contributed by atoms with Crippen molar-refractivity contribution >= 4 is 28.4 Å². The van der Waals surface area contributed by atoms with Gasteiger partial charge in [-0.3, -0.25) is 0 Å². The SMILES string of the molecule is CCNc1nc(-c2c(C)cc(C)cc2C)nc(CC)c1I. The maximum absolute atomic E-state index is 4.80. The molecule has 1 N–H and O–H groups in total. The van der Waals surface area contributed by atoms with Gasteiger partial charge in [-0.05, 0) is 67.8 Å². The summed E-state index contributed by atoms with van der Waals surface area (Å²) in [6.07, 6.45) is 0.913. The summed E-state index contributed by atoms with van der Waals surface area (Å²) in [6.45, 7) is 11.5. The van der Waals surface area contributed by atoms with Crippen molar-refractivity contribution in [1.29, 1.82) is 0 Å². The predicted octanol–water partition coefficient (Wildman–Crippen LogP) is 4.67. The van der Waals surface area contributed by atoms with Gasteiger partial charge >= 0.3 is 0 Å². The first-order valence-corrected chi connectivity index (χ1v) is 8.44. The Morgan fingerprint density at radius 2 is 1.67 bits per heavy atom. The van der Waals surface area contributed by atoms with E-state index in [1.807, 2.05) is 0 Å². The van der Waals surface area contributed by atoms with E-state index in [0.29, 0.717) is 0 Å². The molecule has 0 aliphatic carbocycles. The van der Waals surface area contributed by atoms with Gasteiger partial charge < -0.3 is 5.32 Å². The van der Waals surface area contributed by atoms with Gasteiger partial charge in [0.1, 0.15) is 5.82 Å². The molecule has 0 saturated heterocycles. The average Bonchev–Trinajstić information content (AvgIpc) is 2.41. The Morgan fingerprint density at radius 3 is 2.19 bits per heavy atom. The third kappa shape index (κ3) is 3.36. The number of halogens is 1. The fourth-order valence-electron chi connectivity index (χ4n) is 2.66. The van der Waals surface area contributed by atoms with Crippen molar-refractivity contribution in [3.8, 4) is 11.4 Å². The highest BCUT2D eigenvalue weighted by molar-refractivity contribution is 14.1. The van der Waals surface area contributed by atoms with Crippen molar-refractivity contribution < 1.29 is 0 Å². The number of rotatable bonds is 4. The van der Waals surface area contributed by atoms with E-state index in [9.17, 15) is 0 Å². The minimum absolute atomic E-state index is 0.832. The van der Waals surface area contributed by atoms with Crippen molar-refractivity contribution in [3.63, 3.8) is 0 Å². The van der Waals surface area contributed by atoms with Crippen LogP contribution in [0.5, 0.6) is 0 Å². The summed E-state index contributed by atoms with van der Waals surface area (Å²) in [6, 6.07) is 4.39. The Morgan fingerprint density at radius 1 is 1.05 bits per heavy atom. The highest BCUT2D eigenvalue weighted by atomic mass is 127. The van der Waals surface area contributed by atoms with Crippen molar-refractivity contribution in [2.45, 2.75) is 41.0 Å². The lowest BCUT2D eigenvalue weighted by Crippen LogP contribution is -2.08. The lowest BCUT2D eigenvalue weighted by Gasteiger charge is -2.15. The molecule has 1 aromatic heterocycles. The Bertz CT molecular complexity index is 642. The summed E-state index contributed by atoms with van der Waals surface area (Å²) in [5.74, 6) is 1.78. The van der Waals surface area contributed by atoms with Crippen molar-refractivity contribution in [1.82, 2.24) is 9.97 Å². The first-order valence-electron chi connectivity index (χ1n) is 7.36. The first-order chi connectivity index (χ1) is 9.97. The van der Waals surface area contributed by atoms with E-state index in [1.165, 1.54) is 16.7 Å². The van der Waals surface area contributed by atoms with E-state index in [4.69, 9.17) is 9.97 Å². The van der Waals surface area contributed by atoms with Crippen molar-refractivity contribution in [2.75, 3.05) is 11.9 Å². The normalized spacial score (nSPS) is 10.8. The van der Waals surface area contributed by atoms with Gasteiger partial charge in [0.25, 0.3) is 0 Å². The molecule has 0 fully saturated rings. The van der Waals surface area contributed by atoms with Gasteiger partial charge in [-0.2, -0.15) is 0 Å². The Balaban J connectivity index is 2.67. The van der Waals surface area contributed by atoms with E-state index in [2.05, 4.69) is 74.7 Å². The summed E-state index contributed by atoms with van der Waals surface area (Å²) >= 11 is 2.34. The van der Waals surface area contributed by atoms with Crippen LogP contribution in [-0.4, -0.2) is 16.5 Å². The molecule has 0 radical (unpaired) electrons. The van der Waals surface area contributed by atoms with Gasteiger partial charge in [0.2, 0.25) is 0 Å². The fraction of sp³-hybridized carbons (Fsp3) is 0.412. The number of benzene rings is 1. The molecule has 0 aliphatic heterocycles. The number of hydrogen-bond acceptors (Lipinski definition) is 3. The molecule has 0 aliphatic rings. The van der Waals surface area contributed by atoms with E-state index in [-0.39, 0.29) is 0 Å². The van der Waals surface area contributed by atoms with Crippen LogP contribution in [0.3, 0.4) is 0 Å². The van der Waals surface area contributed by atoms with Crippen LogP contribution in [0, 0.1) is 24.3 Å². The number of anilines is 1. The maximum Gasteiger partial charge on any atom is 0.162 e. The molecule has 0 spiro atoms. The standard InChI is InChI=1S/C17H22IN3/c1-6-13-15(18)17(19-7-2)21-16(20-13)14-11(4)8-10(3)9-12(14)5/h8-9H,6-7H2,1-5H3,(H,19,20,21). The lowest BCUT2D eigenvalue weighted by atomic mass is 9.99. The molecule has 2 aromatic rings. The molecule has 0 unspecified atom stereocenters.